The molecule has 24 heavy (non-hydrogen) atoms. The fraction of sp³-hybridized carbons (Fsp3) is 0.375. The van der Waals surface area contributed by atoms with Gasteiger partial charge in [-0.1, -0.05) is 12.1 Å². The molecule has 8 nitrogen and oxygen atoms in total. The van der Waals surface area contributed by atoms with Gasteiger partial charge in [0.1, 0.15) is 0 Å². The molecule has 0 bridgehead atoms. The van der Waals surface area contributed by atoms with Crippen LogP contribution in [-0.2, 0) is 9.47 Å². The van der Waals surface area contributed by atoms with E-state index in [9.17, 15) is 4.79 Å². The molecule has 128 valence electrons. The van der Waals surface area contributed by atoms with E-state index in [0.717, 1.165) is 6.42 Å². The van der Waals surface area contributed by atoms with Crippen molar-refractivity contribution in [2.24, 2.45) is 0 Å². The van der Waals surface area contributed by atoms with Gasteiger partial charge in [-0.3, -0.25) is 0 Å². The third-order valence-corrected chi connectivity index (χ3v) is 3.05. The molecule has 2 rings (SSSR count). The Labute approximate surface area is 140 Å². The molecule has 1 aromatic heterocycles. The van der Waals surface area contributed by atoms with Crippen LogP contribution < -0.4 is 10.6 Å². The number of methoxy groups -OCH3 is 1. The Morgan fingerprint density at radius 3 is 2.92 bits per heavy atom. The lowest BCUT2D eigenvalue weighted by Crippen LogP contribution is -2.11. The van der Waals surface area contributed by atoms with E-state index in [1.165, 1.54) is 6.20 Å². The zero-order valence-corrected chi connectivity index (χ0v) is 13.8. The van der Waals surface area contributed by atoms with Crippen LogP contribution in [0, 0.1) is 0 Å². The van der Waals surface area contributed by atoms with Crippen molar-refractivity contribution in [1.82, 2.24) is 15.2 Å². The topological polar surface area (TPSA) is 98.3 Å². The lowest BCUT2D eigenvalue weighted by Gasteiger charge is -2.11. The molecular weight excluding hydrogens is 310 g/mol. The first-order valence-electron chi connectivity index (χ1n) is 7.70. The minimum absolute atomic E-state index is 0.317. The van der Waals surface area contributed by atoms with E-state index in [4.69, 9.17) is 9.47 Å². The number of carbonyl (C=O) groups excluding carboxylic acids is 1. The van der Waals surface area contributed by atoms with Crippen LogP contribution in [0.15, 0.2) is 30.5 Å². The number of esters is 1. The number of carbonyl (C=O) groups is 1. The average molecular weight is 331 g/mol. The smallest absolute Gasteiger partial charge is 0.340 e. The lowest BCUT2D eigenvalue weighted by atomic mass is 10.2. The monoisotopic (exact) mass is 331 g/mol. The van der Waals surface area contributed by atoms with Crippen molar-refractivity contribution in [2.75, 3.05) is 37.5 Å². The summed E-state index contributed by atoms with van der Waals surface area (Å²) in [5, 5.41) is 14.0. The maximum absolute atomic E-state index is 12.0. The van der Waals surface area contributed by atoms with Gasteiger partial charge < -0.3 is 20.1 Å². The molecule has 0 fully saturated rings. The van der Waals surface area contributed by atoms with Crippen LogP contribution >= 0.6 is 0 Å². The molecule has 0 spiro atoms. The van der Waals surface area contributed by atoms with Crippen molar-refractivity contribution < 1.29 is 14.3 Å². The highest BCUT2D eigenvalue weighted by Gasteiger charge is 2.12. The molecular formula is C16H21N5O3. The number of nitrogens with one attached hydrogen (secondary N) is 2. The van der Waals surface area contributed by atoms with Gasteiger partial charge in [0.15, 0.2) is 5.82 Å². The number of ether oxygens (including phenoxy) is 2. The summed E-state index contributed by atoms with van der Waals surface area (Å²) in [7, 11) is 1.66. The minimum Gasteiger partial charge on any atom is -0.462 e. The molecule has 0 atom stereocenters. The molecule has 1 heterocycles. The number of aromatic nitrogens is 3. The van der Waals surface area contributed by atoms with Gasteiger partial charge in [0.05, 0.1) is 24.1 Å². The first kappa shape index (κ1) is 17.6. The fourth-order valence-electron chi connectivity index (χ4n) is 1.97. The van der Waals surface area contributed by atoms with E-state index in [0.29, 0.717) is 42.8 Å². The van der Waals surface area contributed by atoms with Crippen molar-refractivity contribution >= 4 is 23.4 Å². The minimum atomic E-state index is -0.388. The maximum Gasteiger partial charge on any atom is 0.340 e. The van der Waals surface area contributed by atoms with Crippen LogP contribution in [0.5, 0.6) is 0 Å². The second-order valence-corrected chi connectivity index (χ2v) is 4.83. The number of para-hydroxylation sites is 1. The van der Waals surface area contributed by atoms with E-state index in [-0.39, 0.29) is 5.97 Å². The Bertz CT molecular complexity index is 666. The van der Waals surface area contributed by atoms with Crippen LogP contribution in [-0.4, -0.2) is 48.0 Å². The lowest BCUT2D eigenvalue weighted by molar-refractivity contribution is 0.0527. The summed E-state index contributed by atoms with van der Waals surface area (Å²) < 4.78 is 10.0. The number of anilines is 3. The predicted octanol–water partition coefficient (Wildman–Crippen LogP) is 2.24. The van der Waals surface area contributed by atoms with Crippen molar-refractivity contribution in [3.8, 4) is 0 Å². The van der Waals surface area contributed by atoms with Gasteiger partial charge >= 0.3 is 5.97 Å². The van der Waals surface area contributed by atoms with Crippen molar-refractivity contribution in [3.05, 3.63) is 36.0 Å². The Morgan fingerprint density at radius 1 is 1.29 bits per heavy atom. The predicted molar refractivity (Wildman–Crippen MR) is 90.5 cm³/mol. The first-order chi connectivity index (χ1) is 11.7. The van der Waals surface area contributed by atoms with Crippen LogP contribution in [0.2, 0.25) is 0 Å². The van der Waals surface area contributed by atoms with Gasteiger partial charge in [-0.05, 0) is 25.5 Å². The molecule has 0 saturated carbocycles. The summed E-state index contributed by atoms with van der Waals surface area (Å²) in [4.78, 5) is 16.3. The molecule has 0 unspecified atom stereocenters. The van der Waals surface area contributed by atoms with E-state index < -0.39 is 0 Å². The Balaban J connectivity index is 2.07. The van der Waals surface area contributed by atoms with Crippen molar-refractivity contribution in [3.63, 3.8) is 0 Å². The third-order valence-electron chi connectivity index (χ3n) is 3.05. The highest BCUT2D eigenvalue weighted by atomic mass is 16.5. The summed E-state index contributed by atoms with van der Waals surface area (Å²) in [6, 6.07) is 7.07. The van der Waals surface area contributed by atoms with E-state index in [1.54, 1.807) is 32.2 Å². The summed E-state index contributed by atoms with van der Waals surface area (Å²) in [6.45, 7) is 3.42. The first-order valence-corrected chi connectivity index (χ1v) is 7.70. The molecule has 0 aliphatic rings. The van der Waals surface area contributed by atoms with E-state index in [2.05, 4.69) is 25.8 Å². The second kappa shape index (κ2) is 9.41. The summed E-state index contributed by atoms with van der Waals surface area (Å²) in [6.07, 6.45) is 2.32. The number of nitrogens with zero attached hydrogens (tertiary/aromatic N) is 3. The zero-order valence-electron chi connectivity index (χ0n) is 13.8. The van der Waals surface area contributed by atoms with Gasteiger partial charge in [-0.15, -0.1) is 5.10 Å². The summed E-state index contributed by atoms with van der Waals surface area (Å²) in [5.74, 6) is 0.501. The molecule has 0 amide bonds. The number of hydrogen-bond donors (Lipinski definition) is 2. The molecule has 0 aliphatic heterocycles. The molecule has 2 N–H and O–H groups in total. The molecule has 2 aromatic rings. The van der Waals surface area contributed by atoms with Crippen molar-refractivity contribution in [1.29, 1.82) is 0 Å². The van der Waals surface area contributed by atoms with Gasteiger partial charge in [-0.25, -0.2) is 4.79 Å². The number of hydrogen-bond acceptors (Lipinski definition) is 8. The van der Waals surface area contributed by atoms with Crippen molar-refractivity contribution in [2.45, 2.75) is 13.3 Å². The molecule has 0 saturated heterocycles. The molecule has 8 heteroatoms. The molecule has 1 aromatic carbocycles. The highest BCUT2D eigenvalue weighted by molar-refractivity contribution is 5.96. The zero-order chi connectivity index (χ0) is 17.2. The quantitative estimate of drug-likeness (QED) is 0.533. The van der Waals surface area contributed by atoms with Crippen LogP contribution in [0.25, 0.3) is 0 Å². The van der Waals surface area contributed by atoms with Gasteiger partial charge in [0.25, 0.3) is 0 Å². The fourth-order valence-corrected chi connectivity index (χ4v) is 1.97. The normalized spacial score (nSPS) is 10.2. The van der Waals surface area contributed by atoms with Crippen LogP contribution in [0.1, 0.15) is 23.7 Å². The third kappa shape index (κ3) is 5.17. The Morgan fingerprint density at radius 2 is 2.12 bits per heavy atom. The number of rotatable bonds is 9. The number of benzene rings is 1. The maximum atomic E-state index is 12.0. The Kier molecular flexibility index (Phi) is 6.91. The molecule has 0 aliphatic carbocycles. The second-order valence-electron chi connectivity index (χ2n) is 4.83. The Hall–Kier alpha value is -2.74. The standard InChI is InChI=1S/C16H21N5O3/c1-3-24-15(22)12-7-4-5-8-13(12)19-14-11-18-21-16(20-14)17-9-6-10-23-2/h4-5,7-8,11H,3,6,9-10H2,1-2H3,(H2,17,19,20,21). The summed E-state index contributed by atoms with van der Waals surface area (Å²) in [5.41, 5.74) is 1.04. The van der Waals surface area contributed by atoms with Gasteiger partial charge in [0.2, 0.25) is 5.95 Å². The SMILES string of the molecule is CCOC(=O)c1ccccc1Nc1cnnc(NCCCOC)n1. The largest absolute Gasteiger partial charge is 0.462 e. The summed E-state index contributed by atoms with van der Waals surface area (Å²) >= 11 is 0. The van der Waals surface area contributed by atoms with Gasteiger partial charge in [0, 0.05) is 20.3 Å². The highest BCUT2D eigenvalue weighted by Crippen LogP contribution is 2.20. The van der Waals surface area contributed by atoms with E-state index >= 15 is 0 Å². The van der Waals surface area contributed by atoms with E-state index in [1.807, 2.05) is 6.07 Å². The van der Waals surface area contributed by atoms with Crippen LogP contribution in [0.4, 0.5) is 17.5 Å². The van der Waals surface area contributed by atoms with Gasteiger partial charge in [-0.2, -0.15) is 10.1 Å². The van der Waals surface area contributed by atoms with Crippen LogP contribution in [0.3, 0.4) is 0 Å². The average Bonchev–Trinajstić information content (AvgIpc) is 2.60. The molecule has 0 radical (unpaired) electrons.